The third-order valence-electron chi connectivity index (χ3n) is 15.4. The molecule has 2 saturated heterocycles. The van der Waals surface area contributed by atoms with E-state index in [-0.39, 0.29) is 36.8 Å². The van der Waals surface area contributed by atoms with Gasteiger partial charge in [0.05, 0.1) is 12.2 Å². The van der Waals surface area contributed by atoms with Crippen LogP contribution in [0.4, 0.5) is 0 Å². The van der Waals surface area contributed by atoms with E-state index in [2.05, 4.69) is 68.2 Å². The zero-order valence-corrected chi connectivity index (χ0v) is 48.0. The molecule has 1 unspecified atom stereocenters. The highest BCUT2D eigenvalue weighted by molar-refractivity contribution is 7.48. The summed E-state index contributed by atoms with van der Waals surface area (Å²) in [5.41, 5.74) is -1.18. The van der Waals surface area contributed by atoms with E-state index in [9.17, 15) is 19.2 Å². The molecule has 0 radical (unpaired) electrons. The van der Waals surface area contributed by atoms with Crippen LogP contribution >= 0.6 is 7.82 Å². The molecule has 81 heavy (non-hydrogen) atoms. The number of hydrogen-bond acceptors (Lipinski definition) is 13. The van der Waals surface area contributed by atoms with Crippen LogP contribution in [0.2, 0.25) is 5.04 Å². The zero-order chi connectivity index (χ0) is 57.3. The number of aryl methyl sites for hydroxylation is 2. The molecule has 2 fully saturated rings. The minimum atomic E-state index is -4.81. The highest BCUT2D eigenvalue weighted by Crippen LogP contribution is 2.58. The van der Waals surface area contributed by atoms with E-state index in [0.29, 0.717) is 22.6 Å². The molecule has 3 aliphatic rings. The lowest BCUT2D eigenvalue weighted by Gasteiger charge is -2.45. The Hall–Kier alpha value is -7.09. The smallest absolute Gasteiger partial charge is 0.457 e. The highest BCUT2D eigenvalue weighted by Gasteiger charge is 2.57. The second-order valence-corrected chi connectivity index (χ2v) is 27.6. The quantitative estimate of drug-likeness (QED) is 0.0416. The molecule has 2 aromatic heterocycles. The van der Waals surface area contributed by atoms with Crippen LogP contribution in [0, 0.1) is 13.8 Å². The van der Waals surface area contributed by atoms with Crippen molar-refractivity contribution in [2.24, 2.45) is 0 Å². The van der Waals surface area contributed by atoms with Crippen molar-refractivity contribution in [1.29, 1.82) is 0 Å². The van der Waals surface area contributed by atoms with Crippen molar-refractivity contribution >= 4 is 26.5 Å². The Bertz CT molecular complexity index is 3610. The molecule has 422 valence electrons. The predicted molar refractivity (Wildman–Crippen MR) is 310 cm³/mol. The first kappa shape index (κ1) is 57.2. The molecule has 5 heterocycles. The Labute approximate surface area is 470 Å². The summed E-state index contributed by atoms with van der Waals surface area (Å²) in [6.45, 7) is 17.8. The Morgan fingerprint density at radius 1 is 0.667 bits per heavy atom. The van der Waals surface area contributed by atoms with Gasteiger partial charge in [-0.1, -0.05) is 160 Å². The van der Waals surface area contributed by atoms with Crippen LogP contribution < -0.4 is 37.6 Å². The fraction of sp³-hybridized carbons (Fsp3) is 0.323. The first-order valence-electron chi connectivity index (χ1n) is 27.0. The molecule has 0 saturated carbocycles. The van der Waals surface area contributed by atoms with E-state index < -0.39 is 98.4 Å². The largest absolute Gasteiger partial charge is 0.475 e. The first-order valence-corrected chi connectivity index (χ1v) is 30.4. The molecular formula is C62H67N4O13PSi. The number of fused-ring (bicyclic) bond motifs is 2. The molecule has 0 bridgehead atoms. The number of hydrogen-bond donors (Lipinski definition) is 2. The van der Waals surface area contributed by atoms with Gasteiger partial charge in [-0.2, -0.15) is 0 Å². The molecule has 0 aliphatic carbocycles. The van der Waals surface area contributed by atoms with E-state index in [4.69, 9.17) is 36.9 Å². The summed E-state index contributed by atoms with van der Waals surface area (Å²) in [6.07, 6.45) is -2.24. The minimum Gasteiger partial charge on any atom is -0.457 e. The number of H-pyrrole nitrogens is 2. The lowest BCUT2D eigenvalue weighted by Crippen LogP contribution is -2.68. The van der Waals surface area contributed by atoms with Crippen molar-refractivity contribution in [2.45, 2.75) is 120 Å². The maximum absolute atomic E-state index is 15.9. The Morgan fingerprint density at radius 2 is 1.11 bits per heavy atom. The van der Waals surface area contributed by atoms with Gasteiger partial charge < -0.3 is 23.4 Å². The van der Waals surface area contributed by atoms with Crippen molar-refractivity contribution in [1.82, 2.24) is 19.1 Å². The first-order chi connectivity index (χ1) is 38.9. The Morgan fingerprint density at radius 3 is 1.59 bits per heavy atom. The zero-order valence-electron chi connectivity index (χ0n) is 46.1. The maximum atomic E-state index is 15.9. The highest BCUT2D eigenvalue weighted by atomic mass is 31.2. The fourth-order valence-electron chi connectivity index (χ4n) is 11.7. The molecule has 0 spiro atoms. The van der Waals surface area contributed by atoms with Gasteiger partial charge in [0.25, 0.3) is 19.4 Å². The van der Waals surface area contributed by atoms with Crippen molar-refractivity contribution in [3.05, 3.63) is 247 Å². The predicted octanol–water partition coefficient (Wildman–Crippen LogP) is 9.38. The van der Waals surface area contributed by atoms with Crippen molar-refractivity contribution in [3.8, 4) is 11.5 Å². The number of nitrogens with zero attached hydrogens (tertiary/aromatic N) is 2. The molecule has 10 rings (SSSR count). The van der Waals surface area contributed by atoms with Gasteiger partial charge in [-0.3, -0.25) is 42.3 Å². The molecule has 9 atom stereocenters. The van der Waals surface area contributed by atoms with Gasteiger partial charge >= 0.3 is 19.2 Å². The van der Waals surface area contributed by atoms with Gasteiger partial charge in [0, 0.05) is 54.6 Å². The second-order valence-electron chi connectivity index (χ2n) is 21.6. The molecule has 5 aromatic carbocycles. The summed E-state index contributed by atoms with van der Waals surface area (Å²) in [5.74, 6) is 1.12. The third-order valence-corrected chi connectivity index (χ3v) is 22.0. The van der Waals surface area contributed by atoms with Crippen molar-refractivity contribution in [2.75, 3.05) is 7.11 Å². The number of benzene rings is 5. The summed E-state index contributed by atoms with van der Waals surface area (Å²) >= 11 is 0. The van der Waals surface area contributed by atoms with E-state index >= 15 is 4.57 Å². The Balaban J connectivity index is 1.07. The number of nitrogens with one attached hydrogen (secondary N) is 2. The molecule has 19 heteroatoms. The average molecular weight is 1140 g/mol. The molecule has 0 amide bonds. The van der Waals surface area contributed by atoms with E-state index in [1.54, 1.807) is 26.0 Å². The summed E-state index contributed by atoms with van der Waals surface area (Å²) in [6, 6.07) is 45.0. The van der Waals surface area contributed by atoms with Crippen molar-refractivity contribution < 1.29 is 41.5 Å². The number of rotatable bonds is 20. The maximum Gasteiger partial charge on any atom is 0.475 e. The van der Waals surface area contributed by atoms with Crippen LogP contribution in [0.1, 0.15) is 86.7 Å². The van der Waals surface area contributed by atoms with Gasteiger partial charge in [0.15, 0.2) is 5.60 Å². The normalized spacial score (nSPS) is 21.9. The fourth-order valence-corrected chi connectivity index (χ4v) is 17.7. The molecular weight excluding hydrogens is 1070 g/mol. The van der Waals surface area contributed by atoms with Gasteiger partial charge in [0.1, 0.15) is 48.4 Å². The molecule has 17 nitrogen and oxygen atoms in total. The van der Waals surface area contributed by atoms with Gasteiger partial charge in [-0.15, -0.1) is 13.2 Å². The summed E-state index contributed by atoms with van der Waals surface area (Å²) in [4.78, 5) is 57.7. The number of para-hydroxylation sites is 2. The van der Waals surface area contributed by atoms with Crippen LogP contribution in [-0.2, 0) is 42.4 Å². The Kier molecular flexibility index (Phi) is 16.5. The number of aromatic amines is 2. The number of phosphoric ester groups is 1. The van der Waals surface area contributed by atoms with Crippen LogP contribution in [0.3, 0.4) is 0 Å². The van der Waals surface area contributed by atoms with Crippen LogP contribution in [-0.4, -0.2) is 71.2 Å². The third kappa shape index (κ3) is 11.0. The van der Waals surface area contributed by atoms with E-state index in [1.165, 1.54) is 28.6 Å². The SMILES string of the molecule is C=CC[C@H](OC1(c2ccccc2)c2ccccc2Oc2ccccc21)[C@H]1O[C@@H](n2cc(C)c(=O)[nH]c2=O)C[C@@H]1OP(=O)(OC)O[C@@H](CC=C)[C@H]1O[C@@H](n2cc(C)c(=O)[nH]c2=O)C[C@@H]1O[Si](c1ccccc1)(c1ccccc1)C(C)(C)C. The molecule has 7 aromatic rings. The van der Waals surface area contributed by atoms with Crippen LogP contribution in [0.5, 0.6) is 11.5 Å². The van der Waals surface area contributed by atoms with E-state index in [0.717, 1.165) is 15.9 Å². The lowest BCUT2D eigenvalue weighted by atomic mass is 9.77. The average Bonchev–Trinajstić information content (AvgIpc) is 4.18. The summed E-state index contributed by atoms with van der Waals surface area (Å²) in [7, 11) is -7.00. The van der Waals surface area contributed by atoms with Gasteiger partial charge in [-0.25, -0.2) is 14.2 Å². The van der Waals surface area contributed by atoms with Crippen LogP contribution in [0.15, 0.2) is 196 Å². The van der Waals surface area contributed by atoms with Crippen molar-refractivity contribution in [3.63, 3.8) is 0 Å². The monoisotopic (exact) mass is 1130 g/mol. The minimum absolute atomic E-state index is 0.0240. The lowest BCUT2D eigenvalue weighted by molar-refractivity contribution is -0.145. The second kappa shape index (κ2) is 23.4. The molecule has 2 N–H and O–H groups in total. The topological polar surface area (TPSA) is 201 Å². The van der Waals surface area contributed by atoms with Gasteiger partial charge in [-0.05, 0) is 59.8 Å². The van der Waals surface area contributed by atoms with E-state index in [1.807, 2.05) is 115 Å². The standard InChI is InChI=1S/C62H67N4O13PSi/c1-9-24-49(76-62(42-26-14-11-15-27-42)45-32-20-22-34-47(45)73-48-35-23-21-33-46(48)62)55-51(36-53(74-55)65-38-40(3)57(67)63-59(65)69)78-80(71,72-8)77-50(25-10-2)56-52(37-54(75-56)66-39-41(4)58(68)64-60(66)70)79-81(61(5,6)7,43-28-16-12-17-29-43)44-30-18-13-19-31-44/h9-23,26-35,38-39,49-56H,1-2,24-25,36-37H2,3-8H3,(H,63,67,69)(H,64,68,70)/t49-,50-,51-,52-,53+,54+,55+,56+,80?/m0/s1. The summed E-state index contributed by atoms with van der Waals surface area (Å²) < 4.78 is 73.7. The van der Waals surface area contributed by atoms with Gasteiger partial charge in [0.2, 0.25) is 0 Å². The summed E-state index contributed by atoms with van der Waals surface area (Å²) in [5, 5.41) is 1.44. The molecule has 3 aliphatic heterocycles. The van der Waals surface area contributed by atoms with Crippen LogP contribution in [0.25, 0.3) is 0 Å². The number of aromatic nitrogens is 4. The number of ether oxygens (including phenoxy) is 4. The number of phosphoric acid groups is 1.